The normalized spacial score (nSPS) is 10.3. The molecule has 0 radical (unpaired) electrons. The fourth-order valence-corrected chi connectivity index (χ4v) is 2.60. The first-order valence-electron chi connectivity index (χ1n) is 5.81. The van der Waals surface area contributed by atoms with E-state index in [1.54, 1.807) is 30.0 Å². The van der Waals surface area contributed by atoms with Crippen molar-refractivity contribution in [3.05, 3.63) is 52.8 Å². The number of thioether (sulfide) groups is 1. The van der Waals surface area contributed by atoms with E-state index >= 15 is 0 Å². The molecule has 2 rings (SSSR count). The molecule has 0 fully saturated rings. The van der Waals surface area contributed by atoms with Gasteiger partial charge in [0.05, 0.1) is 29.1 Å². The lowest BCUT2D eigenvalue weighted by atomic mass is 10.2. The van der Waals surface area contributed by atoms with E-state index in [2.05, 4.69) is 9.72 Å². The molecule has 1 aromatic carbocycles. The van der Waals surface area contributed by atoms with Crippen LogP contribution in [0.2, 0.25) is 5.02 Å². The number of methoxy groups -OCH3 is 1. The zero-order chi connectivity index (χ0) is 14.5. The number of halogens is 1. The second-order valence-corrected chi connectivity index (χ2v) is 5.46. The van der Waals surface area contributed by atoms with E-state index in [1.165, 1.54) is 13.3 Å². The highest BCUT2D eigenvalue weighted by molar-refractivity contribution is 7.98. The molecule has 0 spiro atoms. The van der Waals surface area contributed by atoms with Crippen molar-refractivity contribution in [1.82, 2.24) is 4.98 Å². The Balaban J connectivity index is 2.00. The maximum Gasteiger partial charge on any atom is 0.339 e. The van der Waals surface area contributed by atoms with Gasteiger partial charge in [0.1, 0.15) is 0 Å². The number of esters is 1. The minimum atomic E-state index is -0.387. The fraction of sp³-hybridized carbons (Fsp3) is 0.143. The van der Waals surface area contributed by atoms with Crippen LogP contribution in [0.1, 0.15) is 16.1 Å². The molecule has 1 aromatic heterocycles. The monoisotopic (exact) mass is 308 g/mol. The van der Waals surface area contributed by atoms with Gasteiger partial charge in [-0.2, -0.15) is 0 Å². The topological polar surface area (TPSA) is 65.2 Å². The number of nitrogens with zero attached hydrogens (tertiary/aromatic N) is 1. The number of hydrogen-bond donors (Lipinski definition) is 1. The zero-order valence-corrected chi connectivity index (χ0v) is 12.4. The molecule has 4 nitrogen and oxygen atoms in total. The third-order valence-electron chi connectivity index (χ3n) is 2.60. The smallest absolute Gasteiger partial charge is 0.339 e. The highest BCUT2D eigenvalue weighted by Crippen LogP contribution is 2.28. The molecule has 0 amide bonds. The summed E-state index contributed by atoms with van der Waals surface area (Å²) in [6.07, 6.45) is 1.51. The van der Waals surface area contributed by atoms with Gasteiger partial charge in [0.25, 0.3) is 0 Å². The van der Waals surface area contributed by atoms with E-state index in [1.807, 2.05) is 12.1 Å². The Morgan fingerprint density at radius 1 is 1.40 bits per heavy atom. The average Bonchev–Trinajstić information content (AvgIpc) is 2.48. The average molecular weight is 309 g/mol. The molecule has 0 atom stereocenters. The van der Waals surface area contributed by atoms with Crippen molar-refractivity contribution < 1.29 is 9.53 Å². The first kappa shape index (κ1) is 14.7. The number of rotatable bonds is 4. The van der Waals surface area contributed by atoms with E-state index in [0.29, 0.717) is 22.0 Å². The number of pyridine rings is 1. The van der Waals surface area contributed by atoms with Crippen LogP contribution in [0.15, 0.2) is 41.4 Å². The van der Waals surface area contributed by atoms with E-state index in [9.17, 15) is 4.79 Å². The second kappa shape index (κ2) is 6.63. The SMILES string of the molecule is COC(=O)c1ccc(CSc2ccc(N)c(Cl)c2)nc1. The molecule has 0 aliphatic rings. The third kappa shape index (κ3) is 3.65. The predicted molar refractivity (Wildman–Crippen MR) is 81.0 cm³/mol. The van der Waals surface area contributed by atoms with Crippen LogP contribution in [0, 0.1) is 0 Å². The van der Waals surface area contributed by atoms with Gasteiger partial charge in [-0.15, -0.1) is 11.8 Å². The highest BCUT2D eigenvalue weighted by Gasteiger charge is 2.06. The first-order chi connectivity index (χ1) is 9.60. The molecule has 20 heavy (non-hydrogen) atoms. The van der Waals surface area contributed by atoms with E-state index in [4.69, 9.17) is 17.3 Å². The molecule has 0 unspecified atom stereocenters. The molecule has 2 aromatic rings. The minimum Gasteiger partial charge on any atom is -0.465 e. The maximum atomic E-state index is 11.3. The lowest BCUT2D eigenvalue weighted by Crippen LogP contribution is -2.02. The quantitative estimate of drug-likeness (QED) is 0.533. The minimum absolute atomic E-state index is 0.387. The fourth-order valence-electron chi connectivity index (χ4n) is 1.50. The molecular formula is C14H13ClN2O2S. The number of ether oxygens (including phenoxy) is 1. The molecule has 1 heterocycles. The predicted octanol–water partition coefficient (Wildman–Crippen LogP) is 3.40. The summed E-state index contributed by atoms with van der Waals surface area (Å²) in [6.45, 7) is 0. The van der Waals surface area contributed by atoms with Crippen LogP contribution < -0.4 is 5.73 Å². The van der Waals surface area contributed by atoms with Crippen molar-refractivity contribution in [2.75, 3.05) is 12.8 Å². The lowest BCUT2D eigenvalue weighted by molar-refractivity contribution is 0.0600. The number of carbonyl (C=O) groups is 1. The molecule has 0 aliphatic carbocycles. The summed E-state index contributed by atoms with van der Waals surface area (Å²) >= 11 is 7.56. The Morgan fingerprint density at radius 2 is 2.20 bits per heavy atom. The van der Waals surface area contributed by atoms with E-state index < -0.39 is 0 Å². The van der Waals surface area contributed by atoms with Gasteiger partial charge in [0.15, 0.2) is 0 Å². The van der Waals surface area contributed by atoms with Crippen molar-refractivity contribution in [3.63, 3.8) is 0 Å². The molecule has 2 N–H and O–H groups in total. The molecule has 0 saturated carbocycles. The Labute approximate surface area is 126 Å². The summed E-state index contributed by atoms with van der Waals surface area (Å²) in [4.78, 5) is 16.5. The van der Waals surface area contributed by atoms with Crippen molar-refractivity contribution in [2.45, 2.75) is 10.6 Å². The third-order valence-corrected chi connectivity index (χ3v) is 3.96. The molecule has 104 valence electrons. The van der Waals surface area contributed by atoms with Gasteiger partial charge in [0.2, 0.25) is 0 Å². The Bertz CT molecular complexity index is 617. The summed E-state index contributed by atoms with van der Waals surface area (Å²) in [6, 6.07) is 9.01. The number of benzene rings is 1. The Kier molecular flexibility index (Phi) is 4.87. The number of nitrogen functional groups attached to an aromatic ring is 1. The lowest BCUT2D eigenvalue weighted by Gasteiger charge is -2.04. The van der Waals surface area contributed by atoms with Crippen LogP contribution in [0.25, 0.3) is 0 Å². The maximum absolute atomic E-state index is 11.3. The van der Waals surface area contributed by atoms with E-state index in [-0.39, 0.29) is 5.97 Å². The summed E-state index contributed by atoms with van der Waals surface area (Å²) in [5.74, 6) is 0.295. The van der Waals surface area contributed by atoms with E-state index in [0.717, 1.165) is 10.6 Å². The van der Waals surface area contributed by atoms with Crippen LogP contribution in [0.4, 0.5) is 5.69 Å². The van der Waals surface area contributed by atoms with Crippen molar-refractivity contribution in [2.24, 2.45) is 0 Å². The Hall–Kier alpha value is -1.72. The number of anilines is 1. The number of aromatic nitrogens is 1. The van der Waals surface area contributed by atoms with Crippen molar-refractivity contribution in [3.8, 4) is 0 Å². The number of nitrogens with two attached hydrogens (primary N) is 1. The number of hydrogen-bond acceptors (Lipinski definition) is 5. The first-order valence-corrected chi connectivity index (χ1v) is 7.17. The van der Waals surface area contributed by atoms with Crippen LogP contribution >= 0.6 is 23.4 Å². The van der Waals surface area contributed by atoms with Crippen LogP contribution in [0.3, 0.4) is 0 Å². The summed E-state index contributed by atoms with van der Waals surface area (Å²) in [5, 5.41) is 0.545. The van der Waals surface area contributed by atoms with Gasteiger partial charge in [-0.3, -0.25) is 4.98 Å². The Morgan fingerprint density at radius 3 is 2.80 bits per heavy atom. The van der Waals surface area contributed by atoms with Crippen molar-refractivity contribution in [1.29, 1.82) is 0 Å². The van der Waals surface area contributed by atoms with Gasteiger partial charge in [-0.1, -0.05) is 11.6 Å². The summed E-state index contributed by atoms with van der Waals surface area (Å²) < 4.78 is 4.62. The molecule has 6 heteroatoms. The standard InChI is InChI=1S/C14H13ClN2O2S/c1-19-14(18)9-2-3-10(17-7-9)8-20-11-4-5-13(16)12(15)6-11/h2-7H,8,16H2,1H3. The van der Waals surface area contributed by atoms with Crippen LogP contribution in [-0.2, 0) is 10.5 Å². The van der Waals surface area contributed by atoms with Gasteiger partial charge in [-0.25, -0.2) is 4.79 Å². The van der Waals surface area contributed by atoms with Gasteiger partial charge in [0, 0.05) is 16.8 Å². The largest absolute Gasteiger partial charge is 0.465 e. The highest BCUT2D eigenvalue weighted by atomic mass is 35.5. The molecule has 0 bridgehead atoms. The molecule has 0 aliphatic heterocycles. The molecular weight excluding hydrogens is 296 g/mol. The second-order valence-electron chi connectivity index (χ2n) is 4.00. The summed E-state index contributed by atoms with van der Waals surface area (Å²) in [7, 11) is 1.34. The van der Waals surface area contributed by atoms with Crippen LogP contribution in [-0.4, -0.2) is 18.1 Å². The van der Waals surface area contributed by atoms with Gasteiger partial charge in [-0.05, 0) is 30.3 Å². The zero-order valence-electron chi connectivity index (χ0n) is 10.8. The van der Waals surface area contributed by atoms with Gasteiger partial charge < -0.3 is 10.5 Å². The molecule has 0 saturated heterocycles. The van der Waals surface area contributed by atoms with Crippen LogP contribution in [0.5, 0.6) is 0 Å². The van der Waals surface area contributed by atoms with Gasteiger partial charge >= 0.3 is 5.97 Å². The van der Waals surface area contributed by atoms with Crippen molar-refractivity contribution >= 4 is 35.0 Å². The summed E-state index contributed by atoms with van der Waals surface area (Å²) in [5.41, 5.74) is 7.54. The number of carbonyl (C=O) groups excluding carboxylic acids is 1.